The lowest BCUT2D eigenvalue weighted by molar-refractivity contribution is -0.210. The molecule has 0 fully saturated rings. The Morgan fingerprint density at radius 3 is 1.67 bits per heavy atom. The highest BCUT2D eigenvalue weighted by molar-refractivity contribution is 7.33. The van der Waals surface area contributed by atoms with Crippen LogP contribution in [-0.4, -0.2) is 42.1 Å². The molecule has 1 atom stereocenters. The van der Waals surface area contributed by atoms with Crippen molar-refractivity contribution in [2.75, 3.05) is 27.2 Å². The van der Waals surface area contributed by atoms with E-state index in [1.54, 1.807) is 24.1 Å². The second kappa shape index (κ2) is 5.56. The number of nitrogens with zero attached hydrogens (tertiary/aromatic N) is 3. The minimum atomic E-state index is -2.57. The van der Waals surface area contributed by atoms with Crippen molar-refractivity contribution in [2.24, 2.45) is 0 Å². The zero-order chi connectivity index (χ0) is 9.72. The van der Waals surface area contributed by atoms with Gasteiger partial charge in [0.1, 0.15) is 0 Å². The molecule has 0 aromatic heterocycles. The Morgan fingerprint density at radius 1 is 1.17 bits per heavy atom. The van der Waals surface area contributed by atoms with Crippen LogP contribution in [-0.2, 0) is 4.57 Å². The van der Waals surface area contributed by atoms with Crippen molar-refractivity contribution in [3.05, 3.63) is 0 Å². The van der Waals surface area contributed by atoms with Gasteiger partial charge in [0.2, 0.25) is 0 Å². The van der Waals surface area contributed by atoms with Crippen LogP contribution in [0.1, 0.15) is 13.8 Å². The van der Waals surface area contributed by atoms with Gasteiger partial charge in [-0.1, -0.05) is 13.8 Å². The van der Waals surface area contributed by atoms with Crippen molar-refractivity contribution in [1.29, 1.82) is 0 Å². The van der Waals surface area contributed by atoms with Crippen LogP contribution in [0.5, 0.6) is 0 Å². The fraction of sp³-hybridized carbons (Fsp3) is 1.00. The van der Waals surface area contributed by atoms with Gasteiger partial charge < -0.3 is 4.89 Å². The summed E-state index contributed by atoms with van der Waals surface area (Å²) in [5, 5.41) is 3.27. The van der Waals surface area contributed by atoms with Gasteiger partial charge in [-0.25, -0.2) is 0 Å². The van der Waals surface area contributed by atoms with Gasteiger partial charge in [-0.3, -0.25) is 0 Å². The first-order valence-electron chi connectivity index (χ1n) is 3.91. The largest absolute Gasteiger partial charge is 0.576 e. The van der Waals surface area contributed by atoms with Crippen molar-refractivity contribution in [3.8, 4) is 0 Å². The van der Waals surface area contributed by atoms with Crippen LogP contribution in [0.2, 0.25) is 0 Å². The van der Waals surface area contributed by atoms with E-state index in [0.29, 0.717) is 13.1 Å². The molecule has 0 aliphatic carbocycles. The molecule has 0 aliphatic heterocycles. The standard InChI is InChI=1S/C6H16N3O2P/c1-5-7(3)9(12(10)11)8(4)6-2/h5-6H2,1-4H3. The third-order valence-electron chi connectivity index (χ3n) is 1.67. The molecule has 0 spiro atoms. The fourth-order valence-electron chi connectivity index (χ4n) is 0.763. The van der Waals surface area contributed by atoms with Crippen molar-refractivity contribution in [1.82, 2.24) is 14.9 Å². The normalized spacial score (nSPS) is 13.2. The van der Waals surface area contributed by atoms with Crippen molar-refractivity contribution >= 4 is 8.18 Å². The Morgan fingerprint density at radius 2 is 1.50 bits per heavy atom. The van der Waals surface area contributed by atoms with Gasteiger partial charge in [-0.05, 0) is 4.57 Å². The zero-order valence-corrected chi connectivity index (χ0v) is 8.91. The van der Waals surface area contributed by atoms with Crippen LogP contribution in [0, 0.1) is 0 Å². The van der Waals surface area contributed by atoms with Crippen LogP contribution in [0.25, 0.3) is 0 Å². The van der Waals surface area contributed by atoms with Crippen LogP contribution in [0.4, 0.5) is 0 Å². The SMILES string of the molecule is CCN(C)N(N(C)CC)[P+](=O)[O-]. The molecule has 0 radical (unpaired) electrons. The lowest BCUT2D eigenvalue weighted by Crippen LogP contribution is -2.46. The Labute approximate surface area is 74.4 Å². The second-order valence-corrected chi connectivity index (χ2v) is 3.29. The average Bonchev–Trinajstić information content (AvgIpc) is 2.03. The van der Waals surface area contributed by atoms with E-state index in [0.717, 1.165) is 0 Å². The van der Waals surface area contributed by atoms with E-state index in [4.69, 9.17) is 0 Å². The summed E-state index contributed by atoms with van der Waals surface area (Å²) in [5.74, 6) is 0. The summed E-state index contributed by atoms with van der Waals surface area (Å²) in [6, 6.07) is 0. The molecule has 0 bridgehead atoms. The summed E-state index contributed by atoms with van der Waals surface area (Å²) < 4.78 is 10.8. The average molecular weight is 193 g/mol. The summed E-state index contributed by atoms with van der Waals surface area (Å²) in [4.78, 5) is 12.0. The van der Waals surface area contributed by atoms with E-state index >= 15 is 0 Å². The lowest BCUT2D eigenvalue weighted by atomic mass is 10.7. The third-order valence-corrected chi connectivity index (χ3v) is 2.57. The van der Waals surface area contributed by atoms with Gasteiger partial charge in [0, 0.05) is 32.1 Å². The van der Waals surface area contributed by atoms with Gasteiger partial charge in [0.15, 0.2) is 0 Å². The highest BCUT2D eigenvalue weighted by Crippen LogP contribution is 2.19. The Bertz CT molecular complexity index is 146. The Hall–Kier alpha value is -0.0600. The summed E-state index contributed by atoms with van der Waals surface area (Å²) in [6.45, 7) is 5.12. The van der Waals surface area contributed by atoms with Crippen molar-refractivity contribution in [3.63, 3.8) is 0 Å². The molecule has 1 unspecified atom stereocenters. The molecule has 12 heavy (non-hydrogen) atoms. The number of hydrogen-bond acceptors (Lipinski definition) is 4. The maximum absolute atomic E-state index is 10.8. The van der Waals surface area contributed by atoms with Crippen molar-refractivity contribution in [2.45, 2.75) is 13.8 Å². The molecule has 0 aliphatic rings. The Kier molecular flexibility index (Phi) is 5.53. The first-order chi connectivity index (χ1) is 5.54. The van der Waals surface area contributed by atoms with Crippen LogP contribution >= 0.6 is 8.18 Å². The van der Waals surface area contributed by atoms with E-state index in [9.17, 15) is 9.46 Å². The highest BCUT2D eigenvalue weighted by atomic mass is 31.1. The maximum atomic E-state index is 10.8. The topological polar surface area (TPSA) is 49.8 Å². The minimum absolute atomic E-state index is 0.660. The third kappa shape index (κ3) is 3.13. The Balaban J connectivity index is 4.32. The molecule has 0 heterocycles. The monoisotopic (exact) mass is 193 g/mol. The highest BCUT2D eigenvalue weighted by Gasteiger charge is 2.25. The summed E-state index contributed by atoms with van der Waals surface area (Å²) in [5.41, 5.74) is 0. The van der Waals surface area contributed by atoms with E-state index in [2.05, 4.69) is 0 Å². The number of rotatable bonds is 5. The van der Waals surface area contributed by atoms with Gasteiger partial charge in [0.05, 0.1) is 0 Å². The molecule has 5 nitrogen and oxygen atoms in total. The van der Waals surface area contributed by atoms with E-state index in [1.165, 1.54) is 4.89 Å². The van der Waals surface area contributed by atoms with E-state index in [-0.39, 0.29) is 0 Å². The predicted molar refractivity (Wildman–Crippen MR) is 46.1 cm³/mol. The molecular weight excluding hydrogens is 177 g/mol. The number of hydrazine groups is 2. The summed E-state index contributed by atoms with van der Waals surface area (Å²) >= 11 is 0. The zero-order valence-electron chi connectivity index (χ0n) is 8.02. The molecule has 0 aromatic carbocycles. The first kappa shape index (κ1) is 11.9. The maximum Gasteiger partial charge on any atom is 0.442 e. The molecule has 6 heteroatoms. The molecule has 0 rings (SSSR count). The lowest BCUT2D eigenvalue weighted by Gasteiger charge is -2.28. The van der Waals surface area contributed by atoms with Gasteiger partial charge in [-0.15, -0.1) is 0 Å². The van der Waals surface area contributed by atoms with Gasteiger partial charge >= 0.3 is 8.18 Å². The molecule has 0 saturated heterocycles. The number of hydrogen-bond donors (Lipinski definition) is 0. The first-order valence-corrected chi connectivity index (χ1v) is 5.04. The van der Waals surface area contributed by atoms with Crippen molar-refractivity contribution < 1.29 is 9.46 Å². The van der Waals surface area contributed by atoms with Crippen LogP contribution in [0.15, 0.2) is 0 Å². The van der Waals surface area contributed by atoms with Crippen LogP contribution in [0.3, 0.4) is 0 Å². The van der Waals surface area contributed by atoms with E-state index in [1.807, 2.05) is 13.8 Å². The van der Waals surface area contributed by atoms with Crippen LogP contribution < -0.4 is 4.89 Å². The second-order valence-electron chi connectivity index (χ2n) is 2.45. The fourth-order valence-corrected chi connectivity index (χ4v) is 1.51. The molecule has 0 aromatic rings. The van der Waals surface area contributed by atoms with E-state index < -0.39 is 8.18 Å². The summed E-state index contributed by atoms with van der Waals surface area (Å²) in [6.07, 6.45) is 0. The molecular formula is C6H16N3O2P. The van der Waals surface area contributed by atoms with Gasteiger partial charge in [-0.2, -0.15) is 10.0 Å². The minimum Gasteiger partial charge on any atom is -0.576 e. The summed E-state index contributed by atoms with van der Waals surface area (Å²) in [7, 11) is 0.898. The quantitative estimate of drug-likeness (QED) is 0.455. The molecule has 0 saturated carbocycles. The predicted octanol–water partition coefficient (Wildman–Crippen LogP) is 0.0395. The molecule has 72 valence electrons. The molecule has 0 N–H and O–H groups in total. The van der Waals surface area contributed by atoms with Gasteiger partial charge in [0.25, 0.3) is 0 Å². The molecule has 0 amide bonds. The smallest absolute Gasteiger partial charge is 0.442 e.